The molecule has 0 nitrogen and oxygen atoms in total. The van der Waals surface area contributed by atoms with Gasteiger partial charge in [-0.05, 0) is 39.2 Å². The predicted octanol–water partition coefficient (Wildman–Crippen LogP) is 4.10. The third-order valence-electron chi connectivity index (χ3n) is 2.25. The molecule has 0 saturated carbocycles. The molecule has 2 aliphatic rings. The molecule has 0 unspecified atom stereocenters. The summed E-state index contributed by atoms with van der Waals surface area (Å²) in [6.45, 7) is 0. The van der Waals surface area contributed by atoms with Gasteiger partial charge in [0.15, 0.2) is 0 Å². The van der Waals surface area contributed by atoms with Gasteiger partial charge in [0.2, 0.25) is 0 Å². The Labute approximate surface area is 98.1 Å². The van der Waals surface area contributed by atoms with Crippen LogP contribution in [0.1, 0.15) is 5.56 Å². The van der Waals surface area contributed by atoms with Crippen LogP contribution >= 0.6 is 15.9 Å². The lowest BCUT2D eigenvalue weighted by Gasteiger charge is -2.10. The molecule has 0 aromatic heterocycles. The van der Waals surface area contributed by atoms with E-state index in [1.807, 2.05) is 24.3 Å². The summed E-state index contributed by atoms with van der Waals surface area (Å²) in [5.74, 6) is 2.55. The van der Waals surface area contributed by atoms with Crippen LogP contribution < -0.4 is 0 Å². The van der Waals surface area contributed by atoms with Gasteiger partial charge in [-0.2, -0.15) is 0 Å². The summed E-state index contributed by atoms with van der Waals surface area (Å²) < 4.78 is 0.979. The molecule has 0 saturated heterocycles. The van der Waals surface area contributed by atoms with Crippen molar-refractivity contribution in [2.24, 2.45) is 0 Å². The molecule has 0 bridgehead atoms. The lowest BCUT2D eigenvalue weighted by Crippen LogP contribution is -1.85. The van der Waals surface area contributed by atoms with Crippen molar-refractivity contribution in [3.05, 3.63) is 58.6 Å². The summed E-state index contributed by atoms with van der Waals surface area (Å²) in [5, 5.41) is 0. The van der Waals surface area contributed by atoms with Gasteiger partial charge >= 0.3 is 0 Å². The highest BCUT2D eigenvalue weighted by atomic mass is 79.9. The highest BCUT2D eigenvalue weighted by molar-refractivity contribution is 9.10. The first-order chi connectivity index (χ1) is 7.31. The zero-order valence-electron chi connectivity index (χ0n) is 8.07. The normalized spacial score (nSPS) is 9.60. The maximum Gasteiger partial charge on any atom is 0.0384 e. The van der Waals surface area contributed by atoms with Crippen molar-refractivity contribution >= 4 is 15.9 Å². The highest BCUT2D eigenvalue weighted by Crippen LogP contribution is 2.29. The van der Waals surface area contributed by atoms with Gasteiger partial charge in [-0.3, -0.25) is 0 Å². The third-order valence-corrected chi connectivity index (χ3v) is 2.94. The van der Waals surface area contributed by atoms with Gasteiger partial charge in [-0.25, -0.2) is 0 Å². The molecular weight excluding hydrogens is 248 g/mol. The molecule has 1 aromatic rings. The number of benzene rings is 2. The fourth-order valence-electron chi connectivity index (χ4n) is 1.24. The Kier molecular flexibility index (Phi) is 2.89. The first-order valence-electron chi connectivity index (χ1n) is 4.63. The minimum atomic E-state index is 0.900. The molecule has 0 N–H and O–H groups in total. The van der Waals surface area contributed by atoms with Gasteiger partial charge < -0.3 is 0 Å². The molecule has 0 aliphatic heterocycles. The van der Waals surface area contributed by atoms with E-state index < -0.39 is 0 Å². The summed E-state index contributed by atoms with van der Waals surface area (Å²) in [7, 11) is 0. The zero-order chi connectivity index (χ0) is 10.7. The standard InChI is InChI=1S/C8H5Br.C6H4/c1-2-7-5-3-4-6-8(7)9;1-2-6-4-3-5(1)6/h1,3-6H;1-4H. The van der Waals surface area contributed by atoms with Crippen LogP contribution in [0.15, 0.2) is 53.0 Å². The van der Waals surface area contributed by atoms with Crippen LogP contribution in [0.5, 0.6) is 0 Å². The smallest absolute Gasteiger partial charge is 0.0384 e. The van der Waals surface area contributed by atoms with E-state index >= 15 is 0 Å². The molecule has 0 amide bonds. The van der Waals surface area contributed by atoms with Crippen molar-refractivity contribution in [3.63, 3.8) is 0 Å². The van der Waals surface area contributed by atoms with Crippen LogP contribution in [0.25, 0.3) is 11.1 Å². The van der Waals surface area contributed by atoms with Crippen LogP contribution in [0.4, 0.5) is 0 Å². The minimum absolute atomic E-state index is 0.900. The Morgan fingerprint density at radius 1 is 0.867 bits per heavy atom. The van der Waals surface area contributed by atoms with Crippen LogP contribution in [0.2, 0.25) is 0 Å². The van der Waals surface area contributed by atoms with Gasteiger partial charge in [0.1, 0.15) is 0 Å². The van der Waals surface area contributed by atoms with Crippen molar-refractivity contribution in [1.29, 1.82) is 0 Å². The van der Waals surface area contributed by atoms with E-state index in [0.29, 0.717) is 0 Å². The van der Waals surface area contributed by atoms with Crippen molar-refractivity contribution in [3.8, 4) is 23.5 Å². The maximum absolute atomic E-state index is 5.17. The quantitative estimate of drug-likeness (QED) is 0.532. The number of fused-ring (bicyclic) bond motifs is 1. The zero-order valence-corrected chi connectivity index (χ0v) is 9.66. The molecule has 2 aliphatic carbocycles. The Morgan fingerprint density at radius 2 is 1.40 bits per heavy atom. The first-order valence-corrected chi connectivity index (χ1v) is 5.42. The van der Waals surface area contributed by atoms with Crippen LogP contribution in [-0.4, -0.2) is 0 Å². The Hall–Kier alpha value is -1.52. The summed E-state index contributed by atoms with van der Waals surface area (Å²) in [6.07, 6.45) is 5.17. The SMILES string of the molecule is C#Cc1ccccc1Br.c1cc2ccc1-2. The molecule has 0 heterocycles. The second-order valence-corrected chi connectivity index (χ2v) is 4.06. The van der Waals surface area contributed by atoms with Crippen molar-refractivity contribution < 1.29 is 0 Å². The second-order valence-electron chi connectivity index (χ2n) is 3.20. The van der Waals surface area contributed by atoms with E-state index in [1.54, 1.807) is 0 Å². The molecule has 0 fully saturated rings. The highest BCUT2D eigenvalue weighted by Gasteiger charge is 2.03. The molecule has 3 rings (SSSR count). The molecular formula is C14H9Br. The van der Waals surface area contributed by atoms with E-state index in [-0.39, 0.29) is 0 Å². The summed E-state index contributed by atoms with van der Waals surface area (Å²) >= 11 is 3.31. The van der Waals surface area contributed by atoms with Crippen molar-refractivity contribution in [1.82, 2.24) is 0 Å². The Bertz CT molecular complexity index is 483. The summed E-state index contributed by atoms with van der Waals surface area (Å²) in [4.78, 5) is 0. The minimum Gasteiger partial charge on any atom is -0.115 e. The Balaban J connectivity index is 0.000000121. The van der Waals surface area contributed by atoms with Gasteiger partial charge in [-0.15, -0.1) is 6.42 Å². The predicted molar refractivity (Wildman–Crippen MR) is 67.5 cm³/mol. The Morgan fingerprint density at radius 3 is 1.67 bits per heavy atom. The fraction of sp³-hybridized carbons (Fsp3) is 0. The maximum atomic E-state index is 5.17. The monoisotopic (exact) mass is 256 g/mol. The molecule has 0 spiro atoms. The second kappa shape index (κ2) is 4.33. The lowest BCUT2D eigenvalue weighted by atomic mass is 9.95. The van der Waals surface area contributed by atoms with Crippen LogP contribution in [-0.2, 0) is 0 Å². The third kappa shape index (κ3) is 2.11. The van der Waals surface area contributed by atoms with E-state index in [1.165, 1.54) is 11.1 Å². The number of hydrogen-bond donors (Lipinski definition) is 0. The van der Waals surface area contributed by atoms with E-state index in [9.17, 15) is 0 Å². The molecule has 72 valence electrons. The van der Waals surface area contributed by atoms with E-state index in [4.69, 9.17) is 6.42 Å². The average molecular weight is 257 g/mol. The summed E-state index contributed by atoms with van der Waals surface area (Å²) in [6, 6.07) is 16.2. The van der Waals surface area contributed by atoms with Gasteiger partial charge in [0.25, 0.3) is 0 Å². The number of halogens is 1. The lowest BCUT2D eigenvalue weighted by molar-refractivity contribution is 1.55. The summed E-state index contributed by atoms with van der Waals surface area (Å²) in [5.41, 5.74) is 3.75. The average Bonchev–Trinajstić information content (AvgIpc) is 2.25. The molecule has 1 heteroatoms. The molecule has 1 aromatic carbocycles. The van der Waals surface area contributed by atoms with Gasteiger partial charge in [0, 0.05) is 10.0 Å². The van der Waals surface area contributed by atoms with E-state index in [2.05, 4.69) is 46.1 Å². The number of terminal acetylenes is 1. The van der Waals surface area contributed by atoms with Crippen LogP contribution in [0, 0.1) is 12.3 Å². The van der Waals surface area contributed by atoms with Gasteiger partial charge in [0.05, 0.1) is 0 Å². The van der Waals surface area contributed by atoms with Gasteiger partial charge in [-0.1, -0.05) is 42.3 Å². The largest absolute Gasteiger partial charge is 0.115 e. The fourth-order valence-corrected chi connectivity index (χ4v) is 1.64. The number of rotatable bonds is 0. The molecule has 0 atom stereocenters. The van der Waals surface area contributed by atoms with Crippen LogP contribution in [0.3, 0.4) is 0 Å². The molecule has 15 heavy (non-hydrogen) atoms. The van der Waals surface area contributed by atoms with Crippen molar-refractivity contribution in [2.45, 2.75) is 0 Å². The first kappa shape index (κ1) is 10.0. The number of hydrogen-bond acceptors (Lipinski definition) is 0. The topological polar surface area (TPSA) is 0 Å². The molecule has 0 radical (unpaired) electrons. The van der Waals surface area contributed by atoms with E-state index in [0.717, 1.165) is 10.0 Å². The van der Waals surface area contributed by atoms with Crippen molar-refractivity contribution in [2.75, 3.05) is 0 Å².